The van der Waals surface area contributed by atoms with Crippen molar-refractivity contribution in [3.63, 3.8) is 0 Å². The van der Waals surface area contributed by atoms with Crippen molar-refractivity contribution in [1.29, 1.82) is 0 Å². The molecule has 0 aliphatic heterocycles. The highest BCUT2D eigenvalue weighted by molar-refractivity contribution is 9.10. The second kappa shape index (κ2) is 7.28. The van der Waals surface area contributed by atoms with Gasteiger partial charge < -0.3 is 10.1 Å². The van der Waals surface area contributed by atoms with Crippen molar-refractivity contribution in [3.05, 3.63) is 41.1 Å². The third-order valence-electron chi connectivity index (χ3n) is 2.25. The SMILES string of the molecule is C=CCCO[C@@H](C)C(=O)Nc1cc(Br)ccc1F. The highest BCUT2D eigenvalue weighted by Crippen LogP contribution is 2.20. The molecular weight excluding hydrogens is 301 g/mol. The highest BCUT2D eigenvalue weighted by atomic mass is 79.9. The normalized spacial score (nSPS) is 11.9. The van der Waals surface area contributed by atoms with Gasteiger partial charge in [-0.2, -0.15) is 0 Å². The van der Waals surface area contributed by atoms with E-state index in [0.29, 0.717) is 17.5 Å². The van der Waals surface area contributed by atoms with E-state index in [2.05, 4.69) is 27.8 Å². The Morgan fingerprint density at radius 3 is 3.06 bits per heavy atom. The lowest BCUT2D eigenvalue weighted by molar-refractivity contribution is -0.126. The first-order valence-electron chi connectivity index (χ1n) is 5.53. The topological polar surface area (TPSA) is 38.3 Å². The van der Waals surface area contributed by atoms with Crippen LogP contribution in [0.15, 0.2) is 35.3 Å². The number of rotatable bonds is 6. The van der Waals surface area contributed by atoms with Crippen molar-refractivity contribution in [2.45, 2.75) is 19.4 Å². The van der Waals surface area contributed by atoms with E-state index in [1.54, 1.807) is 19.1 Å². The minimum Gasteiger partial charge on any atom is -0.368 e. The minimum absolute atomic E-state index is 0.133. The average Bonchev–Trinajstić information content (AvgIpc) is 2.34. The summed E-state index contributed by atoms with van der Waals surface area (Å²) in [5.41, 5.74) is 0.133. The van der Waals surface area contributed by atoms with Crippen LogP contribution < -0.4 is 5.32 Å². The molecule has 1 N–H and O–H groups in total. The van der Waals surface area contributed by atoms with E-state index < -0.39 is 11.9 Å². The van der Waals surface area contributed by atoms with Crippen LogP contribution in [0.2, 0.25) is 0 Å². The van der Waals surface area contributed by atoms with Crippen LogP contribution in [0.5, 0.6) is 0 Å². The maximum atomic E-state index is 13.4. The van der Waals surface area contributed by atoms with Crippen molar-refractivity contribution < 1.29 is 13.9 Å². The van der Waals surface area contributed by atoms with Crippen LogP contribution in [0.4, 0.5) is 10.1 Å². The first kappa shape index (κ1) is 14.9. The minimum atomic E-state index is -0.636. The van der Waals surface area contributed by atoms with Crippen LogP contribution in [0.1, 0.15) is 13.3 Å². The maximum absolute atomic E-state index is 13.4. The fourth-order valence-electron chi connectivity index (χ4n) is 1.23. The molecule has 1 aromatic rings. The summed E-state index contributed by atoms with van der Waals surface area (Å²) in [6.07, 6.45) is 1.74. The van der Waals surface area contributed by atoms with Gasteiger partial charge in [0.1, 0.15) is 11.9 Å². The molecule has 0 saturated heterocycles. The van der Waals surface area contributed by atoms with E-state index >= 15 is 0 Å². The summed E-state index contributed by atoms with van der Waals surface area (Å²) in [5.74, 6) is -0.860. The van der Waals surface area contributed by atoms with E-state index in [-0.39, 0.29) is 11.6 Å². The molecule has 0 aliphatic rings. The Kier molecular flexibility index (Phi) is 6.01. The van der Waals surface area contributed by atoms with Gasteiger partial charge in [0.2, 0.25) is 0 Å². The fraction of sp³-hybridized carbons (Fsp3) is 0.308. The number of nitrogens with one attached hydrogen (secondary N) is 1. The summed E-state index contributed by atoms with van der Waals surface area (Å²) >= 11 is 3.21. The smallest absolute Gasteiger partial charge is 0.253 e. The Bertz CT molecular complexity index is 437. The number of benzene rings is 1. The number of anilines is 1. The highest BCUT2D eigenvalue weighted by Gasteiger charge is 2.15. The second-order valence-electron chi connectivity index (χ2n) is 3.70. The standard InChI is InChI=1S/C13H15BrFNO2/c1-3-4-7-18-9(2)13(17)16-12-8-10(14)5-6-11(12)15/h3,5-6,8-9H,1,4,7H2,2H3,(H,16,17)/t9-/m0/s1. The molecule has 0 saturated carbocycles. The Hall–Kier alpha value is -1.20. The molecule has 0 radical (unpaired) electrons. The molecule has 1 amide bonds. The zero-order valence-corrected chi connectivity index (χ0v) is 11.7. The van der Waals surface area contributed by atoms with E-state index in [1.807, 2.05) is 0 Å². The number of carbonyl (C=O) groups is 1. The molecule has 1 atom stereocenters. The zero-order chi connectivity index (χ0) is 13.5. The van der Waals surface area contributed by atoms with Gasteiger partial charge in [0.15, 0.2) is 0 Å². The summed E-state index contributed by atoms with van der Waals surface area (Å²) in [4.78, 5) is 11.7. The molecule has 0 aromatic heterocycles. The quantitative estimate of drug-likeness (QED) is 0.644. The van der Waals surface area contributed by atoms with Crippen LogP contribution in [-0.4, -0.2) is 18.6 Å². The van der Waals surface area contributed by atoms with Crippen molar-refractivity contribution in [3.8, 4) is 0 Å². The molecular formula is C13H15BrFNO2. The number of hydrogen-bond acceptors (Lipinski definition) is 2. The summed E-state index contributed by atoms with van der Waals surface area (Å²) in [5, 5.41) is 2.48. The van der Waals surface area contributed by atoms with Gasteiger partial charge in [-0.15, -0.1) is 6.58 Å². The van der Waals surface area contributed by atoms with Gasteiger partial charge in [-0.1, -0.05) is 22.0 Å². The van der Waals surface area contributed by atoms with Crippen LogP contribution in [0.25, 0.3) is 0 Å². The zero-order valence-electron chi connectivity index (χ0n) is 10.1. The van der Waals surface area contributed by atoms with Crippen molar-refractivity contribution in [2.75, 3.05) is 11.9 Å². The first-order chi connectivity index (χ1) is 8.54. The van der Waals surface area contributed by atoms with Crippen LogP contribution in [-0.2, 0) is 9.53 Å². The lowest BCUT2D eigenvalue weighted by Crippen LogP contribution is -2.28. The number of amides is 1. The van der Waals surface area contributed by atoms with Gasteiger partial charge in [0.05, 0.1) is 12.3 Å². The first-order valence-corrected chi connectivity index (χ1v) is 6.32. The number of hydrogen-bond donors (Lipinski definition) is 1. The van der Waals surface area contributed by atoms with Crippen LogP contribution in [0, 0.1) is 5.82 Å². The summed E-state index contributed by atoms with van der Waals surface area (Å²) in [6, 6.07) is 4.35. The number of halogens is 2. The molecule has 3 nitrogen and oxygen atoms in total. The van der Waals surface area contributed by atoms with Gasteiger partial charge in [0.25, 0.3) is 5.91 Å². The predicted molar refractivity (Wildman–Crippen MR) is 73.0 cm³/mol. The lowest BCUT2D eigenvalue weighted by Gasteiger charge is -2.13. The van der Waals surface area contributed by atoms with Crippen molar-refractivity contribution in [1.82, 2.24) is 0 Å². The second-order valence-corrected chi connectivity index (χ2v) is 4.62. The Balaban J connectivity index is 2.58. The summed E-state index contributed by atoms with van der Waals surface area (Å²) in [6.45, 7) is 5.59. The summed E-state index contributed by atoms with van der Waals surface area (Å²) in [7, 11) is 0. The molecule has 1 rings (SSSR count). The molecule has 0 aliphatic carbocycles. The molecule has 18 heavy (non-hydrogen) atoms. The molecule has 0 spiro atoms. The summed E-state index contributed by atoms with van der Waals surface area (Å²) < 4.78 is 19.4. The van der Waals surface area contributed by atoms with Gasteiger partial charge in [-0.3, -0.25) is 4.79 Å². The molecule has 0 unspecified atom stereocenters. The van der Waals surface area contributed by atoms with E-state index in [1.165, 1.54) is 12.1 Å². The van der Waals surface area contributed by atoms with Gasteiger partial charge >= 0.3 is 0 Å². The van der Waals surface area contributed by atoms with E-state index in [4.69, 9.17) is 4.74 Å². The fourth-order valence-corrected chi connectivity index (χ4v) is 1.59. The molecule has 98 valence electrons. The third-order valence-corrected chi connectivity index (χ3v) is 2.74. The number of ether oxygens (including phenoxy) is 1. The van der Waals surface area contributed by atoms with Crippen molar-refractivity contribution in [2.24, 2.45) is 0 Å². The van der Waals surface area contributed by atoms with Crippen LogP contribution in [0.3, 0.4) is 0 Å². The maximum Gasteiger partial charge on any atom is 0.253 e. The Morgan fingerprint density at radius 1 is 1.67 bits per heavy atom. The van der Waals surface area contributed by atoms with E-state index in [9.17, 15) is 9.18 Å². The number of carbonyl (C=O) groups excluding carboxylic acids is 1. The van der Waals surface area contributed by atoms with Crippen LogP contribution >= 0.6 is 15.9 Å². The van der Waals surface area contributed by atoms with E-state index in [0.717, 1.165) is 0 Å². The van der Waals surface area contributed by atoms with Gasteiger partial charge in [-0.05, 0) is 31.5 Å². The lowest BCUT2D eigenvalue weighted by atomic mass is 10.3. The molecule has 0 heterocycles. The average molecular weight is 316 g/mol. The molecule has 0 fully saturated rings. The Labute approximate surface area is 114 Å². The molecule has 0 bridgehead atoms. The Morgan fingerprint density at radius 2 is 2.39 bits per heavy atom. The van der Waals surface area contributed by atoms with Gasteiger partial charge in [-0.25, -0.2) is 4.39 Å². The largest absolute Gasteiger partial charge is 0.368 e. The monoisotopic (exact) mass is 315 g/mol. The van der Waals surface area contributed by atoms with Gasteiger partial charge in [0, 0.05) is 4.47 Å². The molecule has 1 aromatic carbocycles. The third kappa shape index (κ3) is 4.58. The predicted octanol–water partition coefficient (Wildman–Crippen LogP) is 3.51. The molecule has 5 heteroatoms. The van der Waals surface area contributed by atoms with Crippen molar-refractivity contribution >= 4 is 27.5 Å².